The lowest BCUT2D eigenvalue weighted by Gasteiger charge is -2.38. The average Bonchev–Trinajstić information content (AvgIpc) is 2.77. The van der Waals surface area contributed by atoms with E-state index in [-0.39, 0.29) is 0 Å². The highest BCUT2D eigenvalue weighted by atomic mass is 32.2. The van der Waals surface area contributed by atoms with E-state index in [1.54, 1.807) is 0 Å². The molecule has 0 saturated heterocycles. The van der Waals surface area contributed by atoms with E-state index < -0.39 is 0 Å². The van der Waals surface area contributed by atoms with Crippen LogP contribution in [0.1, 0.15) is 43.4 Å². The molecule has 0 atom stereocenters. The van der Waals surface area contributed by atoms with Crippen LogP contribution in [0, 0.1) is 12.3 Å². The van der Waals surface area contributed by atoms with Crippen molar-refractivity contribution in [2.24, 2.45) is 17.5 Å². The van der Waals surface area contributed by atoms with Gasteiger partial charge in [0, 0.05) is 37.7 Å². The van der Waals surface area contributed by atoms with Gasteiger partial charge in [-0.15, -0.1) is 0 Å². The van der Waals surface area contributed by atoms with Gasteiger partial charge in [0.15, 0.2) is 5.17 Å². The summed E-state index contributed by atoms with van der Waals surface area (Å²) in [7, 11) is 1.97. The summed E-state index contributed by atoms with van der Waals surface area (Å²) in [6.45, 7) is 3.91. The number of aryl methyl sites for hydroxylation is 2. The van der Waals surface area contributed by atoms with Gasteiger partial charge in [0.05, 0.1) is 5.69 Å². The predicted molar refractivity (Wildman–Crippen MR) is 85.1 cm³/mol. The Hall–Kier alpha value is -0.970. The third-order valence-electron chi connectivity index (χ3n) is 4.53. The Balaban J connectivity index is 1.56. The molecule has 0 aromatic carbocycles. The lowest BCUT2D eigenvalue weighted by Crippen LogP contribution is -2.36. The van der Waals surface area contributed by atoms with E-state index in [0.717, 1.165) is 24.0 Å². The van der Waals surface area contributed by atoms with E-state index >= 15 is 0 Å². The molecule has 3 rings (SSSR count). The van der Waals surface area contributed by atoms with Crippen molar-refractivity contribution in [2.45, 2.75) is 45.6 Å². The van der Waals surface area contributed by atoms with Gasteiger partial charge in [0.25, 0.3) is 0 Å². The maximum atomic E-state index is 4.80. The molecule has 0 unspecified atom stereocenters. The van der Waals surface area contributed by atoms with Crippen molar-refractivity contribution in [3.05, 3.63) is 17.5 Å². The predicted octanol–water partition coefficient (Wildman–Crippen LogP) is 2.87. The van der Waals surface area contributed by atoms with Gasteiger partial charge in [-0.1, -0.05) is 31.0 Å². The number of amidine groups is 1. The van der Waals surface area contributed by atoms with Gasteiger partial charge in [0.1, 0.15) is 0 Å². The smallest absolute Gasteiger partial charge is 0.156 e. The Labute approximate surface area is 125 Å². The number of nitrogens with one attached hydrogen (secondary N) is 1. The maximum Gasteiger partial charge on any atom is 0.156 e. The molecule has 1 aliphatic heterocycles. The largest absolute Gasteiger partial charge is 0.361 e. The number of rotatable bonds is 2. The quantitative estimate of drug-likeness (QED) is 0.911. The zero-order valence-electron chi connectivity index (χ0n) is 12.5. The first-order chi connectivity index (χ1) is 9.67. The van der Waals surface area contributed by atoms with Gasteiger partial charge < -0.3 is 5.32 Å². The zero-order valence-corrected chi connectivity index (χ0v) is 13.3. The van der Waals surface area contributed by atoms with Crippen molar-refractivity contribution in [3.8, 4) is 0 Å². The van der Waals surface area contributed by atoms with Gasteiger partial charge in [-0.25, -0.2) is 0 Å². The molecule has 5 heteroatoms. The van der Waals surface area contributed by atoms with E-state index in [2.05, 4.69) is 23.5 Å². The van der Waals surface area contributed by atoms with E-state index in [1.807, 2.05) is 23.5 Å². The molecule has 1 spiro atoms. The van der Waals surface area contributed by atoms with Gasteiger partial charge in [-0.3, -0.25) is 9.67 Å². The number of aliphatic imine (C=N–C) groups is 1. The second kappa shape index (κ2) is 5.80. The van der Waals surface area contributed by atoms with Crippen molar-refractivity contribution < 1.29 is 0 Å². The SMILES string of the molecule is Cc1nn(C)cc1CNC1=NCC2(CCCCC2)CS1. The van der Waals surface area contributed by atoms with E-state index in [4.69, 9.17) is 4.99 Å². The molecule has 1 aliphatic carbocycles. The van der Waals surface area contributed by atoms with Gasteiger partial charge >= 0.3 is 0 Å². The summed E-state index contributed by atoms with van der Waals surface area (Å²) < 4.78 is 1.87. The van der Waals surface area contributed by atoms with Crippen LogP contribution in [0.5, 0.6) is 0 Å². The van der Waals surface area contributed by atoms with Gasteiger partial charge in [-0.2, -0.15) is 5.10 Å². The molecule has 0 radical (unpaired) electrons. The molecule has 110 valence electrons. The lowest BCUT2D eigenvalue weighted by molar-refractivity contribution is 0.232. The monoisotopic (exact) mass is 292 g/mol. The fourth-order valence-corrected chi connectivity index (χ4v) is 4.41. The molecular formula is C15H24N4S. The topological polar surface area (TPSA) is 42.2 Å². The molecule has 0 amide bonds. The fourth-order valence-electron chi connectivity index (χ4n) is 3.26. The minimum atomic E-state index is 0.512. The molecule has 2 aliphatic rings. The lowest BCUT2D eigenvalue weighted by atomic mass is 9.75. The van der Waals surface area contributed by atoms with Crippen LogP contribution in [0.3, 0.4) is 0 Å². The highest BCUT2D eigenvalue weighted by Gasteiger charge is 2.34. The third-order valence-corrected chi connectivity index (χ3v) is 5.84. The van der Waals surface area contributed by atoms with E-state index in [9.17, 15) is 0 Å². The summed E-state index contributed by atoms with van der Waals surface area (Å²) in [6.07, 6.45) is 9.04. The molecule has 2 heterocycles. The Kier molecular flexibility index (Phi) is 4.06. The summed E-state index contributed by atoms with van der Waals surface area (Å²) in [4.78, 5) is 4.80. The summed E-state index contributed by atoms with van der Waals surface area (Å²) in [5.41, 5.74) is 2.87. The number of aromatic nitrogens is 2. The highest BCUT2D eigenvalue weighted by Crippen LogP contribution is 2.41. The van der Waals surface area contributed by atoms with Crippen LogP contribution in [0.15, 0.2) is 11.2 Å². The molecule has 1 aromatic heterocycles. The molecule has 1 N–H and O–H groups in total. The Bertz CT molecular complexity index is 500. The Morgan fingerprint density at radius 1 is 1.35 bits per heavy atom. The summed E-state index contributed by atoms with van der Waals surface area (Å²) in [6, 6.07) is 0. The number of thioether (sulfide) groups is 1. The first-order valence-electron chi connectivity index (χ1n) is 7.57. The Morgan fingerprint density at radius 3 is 2.75 bits per heavy atom. The van der Waals surface area contributed by atoms with Crippen LogP contribution >= 0.6 is 11.8 Å². The van der Waals surface area contributed by atoms with Crippen molar-refractivity contribution in [1.82, 2.24) is 15.1 Å². The standard InChI is InChI=1S/C15H24N4S/c1-12-13(9-19(2)18-12)8-16-14-17-10-15(11-20-14)6-4-3-5-7-15/h9H,3-8,10-11H2,1-2H3,(H,16,17). The normalized spacial score (nSPS) is 21.8. The molecular weight excluding hydrogens is 268 g/mol. The van der Waals surface area contributed by atoms with Crippen LogP contribution in [-0.4, -0.2) is 27.2 Å². The van der Waals surface area contributed by atoms with Crippen LogP contribution in [-0.2, 0) is 13.6 Å². The molecule has 1 fully saturated rings. The van der Waals surface area contributed by atoms with E-state index in [0.29, 0.717) is 5.41 Å². The number of nitrogens with zero attached hydrogens (tertiary/aromatic N) is 3. The van der Waals surface area contributed by atoms with Crippen LogP contribution < -0.4 is 5.32 Å². The maximum absolute atomic E-state index is 4.80. The van der Waals surface area contributed by atoms with Gasteiger partial charge in [0.2, 0.25) is 0 Å². The fraction of sp³-hybridized carbons (Fsp3) is 0.733. The van der Waals surface area contributed by atoms with Gasteiger partial charge in [-0.05, 0) is 25.2 Å². The molecule has 1 aromatic rings. The first-order valence-corrected chi connectivity index (χ1v) is 8.56. The van der Waals surface area contributed by atoms with Crippen LogP contribution in [0.2, 0.25) is 0 Å². The third kappa shape index (κ3) is 3.03. The van der Waals surface area contributed by atoms with Crippen molar-refractivity contribution >= 4 is 16.9 Å². The van der Waals surface area contributed by atoms with Crippen molar-refractivity contribution in [3.63, 3.8) is 0 Å². The zero-order chi connectivity index (χ0) is 14.0. The van der Waals surface area contributed by atoms with Crippen LogP contribution in [0.25, 0.3) is 0 Å². The minimum absolute atomic E-state index is 0.512. The molecule has 1 saturated carbocycles. The number of hydrogen-bond acceptors (Lipinski definition) is 4. The van der Waals surface area contributed by atoms with Crippen LogP contribution in [0.4, 0.5) is 0 Å². The molecule has 20 heavy (non-hydrogen) atoms. The van der Waals surface area contributed by atoms with Crippen molar-refractivity contribution in [2.75, 3.05) is 12.3 Å². The Morgan fingerprint density at radius 2 is 2.15 bits per heavy atom. The number of hydrogen-bond donors (Lipinski definition) is 1. The second-order valence-corrected chi connectivity index (χ2v) is 7.20. The summed E-state index contributed by atoms with van der Waals surface area (Å²) in [5, 5.41) is 8.96. The summed E-state index contributed by atoms with van der Waals surface area (Å²) in [5.74, 6) is 1.24. The van der Waals surface area contributed by atoms with Crippen molar-refractivity contribution in [1.29, 1.82) is 0 Å². The average molecular weight is 292 g/mol. The second-order valence-electron chi connectivity index (χ2n) is 6.24. The minimum Gasteiger partial charge on any atom is -0.361 e. The molecule has 4 nitrogen and oxygen atoms in total. The first kappa shape index (κ1) is 14.0. The molecule has 0 bridgehead atoms. The van der Waals surface area contributed by atoms with E-state index in [1.165, 1.54) is 43.4 Å². The highest BCUT2D eigenvalue weighted by molar-refractivity contribution is 8.13. The summed E-state index contributed by atoms with van der Waals surface area (Å²) >= 11 is 1.91.